The number of anilines is 3. The summed E-state index contributed by atoms with van der Waals surface area (Å²) in [6.07, 6.45) is -0.248. The summed E-state index contributed by atoms with van der Waals surface area (Å²) in [5, 5.41) is 0. The Bertz CT molecular complexity index is 715. The van der Waals surface area contributed by atoms with Crippen LogP contribution in [0.3, 0.4) is 0 Å². The Balaban J connectivity index is 2.24. The molecule has 3 rings (SSSR count). The van der Waals surface area contributed by atoms with Crippen molar-refractivity contribution in [1.82, 2.24) is 0 Å². The van der Waals surface area contributed by atoms with E-state index >= 15 is 0 Å². The number of hydrogen-bond acceptors (Lipinski definition) is 2. The van der Waals surface area contributed by atoms with Gasteiger partial charge in [-0.15, -0.1) is 0 Å². The molecule has 2 aromatic rings. The molecule has 1 heterocycles. The molecule has 0 saturated carbocycles. The van der Waals surface area contributed by atoms with Gasteiger partial charge in [-0.2, -0.15) is 0 Å². The van der Waals surface area contributed by atoms with Gasteiger partial charge in [-0.3, -0.25) is 14.5 Å². The molecule has 2 aromatic carbocycles. The van der Waals surface area contributed by atoms with E-state index in [0.29, 0.717) is 17.1 Å². The number of fused-ring (bicyclic) bond motifs is 1. The molecule has 0 spiro atoms. The third kappa shape index (κ3) is 2.27. The van der Waals surface area contributed by atoms with Crippen molar-refractivity contribution in [3.8, 4) is 0 Å². The molecule has 0 N–H and O–H groups in total. The van der Waals surface area contributed by atoms with E-state index in [1.807, 2.05) is 6.07 Å². The van der Waals surface area contributed by atoms with Crippen LogP contribution in [0.5, 0.6) is 0 Å². The maximum Gasteiger partial charge on any atom is 0.241 e. The van der Waals surface area contributed by atoms with Crippen LogP contribution < -0.4 is 9.80 Å². The third-order valence-corrected chi connectivity index (χ3v) is 3.48. The minimum atomic E-state index is -0.453. The molecule has 0 aromatic heterocycles. The molecule has 5 heteroatoms. The molecule has 2 amide bonds. The van der Waals surface area contributed by atoms with Crippen LogP contribution in [0.1, 0.15) is 6.42 Å². The second-order valence-electron chi connectivity index (χ2n) is 4.83. The lowest BCUT2D eigenvalue weighted by molar-refractivity contribution is -0.125. The smallest absolute Gasteiger partial charge is 0.241 e. The zero-order valence-corrected chi connectivity index (χ0v) is 11.4. The number of halogens is 1. The van der Waals surface area contributed by atoms with Crippen LogP contribution in [0.4, 0.5) is 21.5 Å². The Hall–Kier alpha value is -2.69. The van der Waals surface area contributed by atoms with Crippen molar-refractivity contribution in [1.29, 1.82) is 0 Å². The largest absolute Gasteiger partial charge is 0.313 e. The lowest BCUT2D eigenvalue weighted by Gasteiger charge is -2.23. The number of amides is 2. The van der Waals surface area contributed by atoms with Gasteiger partial charge in [-0.1, -0.05) is 18.2 Å². The van der Waals surface area contributed by atoms with Gasteiger partial charge in [0.1, 0.15) is 12.2 Å². The highest BCUT2D eigenvalue weighted by Gasteiger charge is 2.30. The first-order valence-electron chi connectivity index (χ1n) is 6.52. The van der Waals surface area contributed by atoms with Gasteiger partial charge in [0.05, 0.1) is 11.4 Å². The van der Waals surface area contributed by atoms with Gasteiger partial charge in [0.15, 0.2) is 0 Å². The van der Waals surface area contributed by atoms with Gasteiger partial charge in [-0.25, -0.2) is 4.39 Å². The number of rotatable bonds is 1. The van der Waals surface area contributed by atoms with Crippen LogP contribution in [0.15, 0.2) is 48.5 Å². The summed E-state index contributed by atoms with van der Waals surface area (Å²) in [5.41, 5.74) is 1.49. The Morgan fingerprint density at radius 1 is 0.952 bits per heavy atom. The average Bonchev–Trinajstić information content (AvgIpc) is 2.56. The molecule has 1 aliphatic rings. The SMILES string of the molecule is CN1C(=O)CC(=O)N(c2ccccc2)c2cc([18F])ccc21. The number of carbonyl (C=O) groups excluding carboxylic acids is 2. The van der Waals surface area contributed by atoms with Crippen LogP contribution in [-0.2, 0) is 9.59 Å². The summed E-state index contributed by atoms with van der Waals surface area (Å²) in [4.78, 5) is 27.2. The summed E-state index contributed by atoms with van der Waals surface area (Å²) in [6.45, 7) is 0. The van der Waals surface area contributed by atoms with Crippen LogP contribution >= 0.6 is 0 Å². The first-order chi connectivity index (χ1) is 10.1. The van der Waals surface area contributed by atoms with E-state index in [0.717, 1.165) is 0 Å². The Morgan fingerprint density at radius 2 is 1.67 bits per heavy atom. The van der Waals surface area contributed by atoms with E-state index in [2.05, 4.69) is 0 Å². The second-order valence-corrected chi connectivity index (χ2v) is 4.83. The molecule has 0 aliphatic carbocycles. The second kappa shape index (κ2) is 5.01. The third-order valence-electron chi connectivity index (χ3n) is 3.48. The lowest BCUT2D eigenvalue weighted by Crippen LogP contribution is -2.28. The van der Waals surface area contributed by atoms with Crippen molar-refractivity contribution in [3.63, 3.8) is 0 Å². The van der Waals surface area contributed by atoms with Crippen LogP contribution in [0.2, 0.25) is 0 Å². The number of carbonyl (C=O) groups is 2. The molecule has 0 radical (unpaired) electrons. The van der Waals surface area contributed by atoms with Gasteiger partial charge in [0.25, 0.3) is 0 Å². The quantitative estimate of drug-likeness (QED) is 0.755. The van der Waals surface area contributed by atoms with Crippen LogP contribution in [-0.4, -0.2) is 18.9 Å². The normalized spacial score (nSPS) is 15.0. The van der Waals surface area contributed by atoms with Gasteiger partial charge in [-0.05, 0) is 24.3 Å². The molecule has 0 atom stereocenters. The van der Waals surface area contributed by atoms with Crippen LogP contribution in [0.25, 0.3) is 0 Å². The fourth-order valence-corrected chi connectivity index (χ4v) is 2.42. The topological polar surface area (TPSA) is 40.6 Å². The van der Waals surface area contributed by atoms with Gasteiger partial charge < -0.3 is 4.90 Å². The average molecular weight is 283 g/mol. The summed E-state index contributed by atoms with van der Waals surface area (Å²) in [6, 6.07) is 13.0. The Morgan fingerprint density at radius 3 is 2.38 bits per heavy atom. The van der Waals surface area contributed by atoms with E-state index < -0.39 is 5.82 Å². The fraction of sp³-hybridized carbons (Fsp3) is 0.125. The van der Waals surface area contributed by atoms with E-state index in [1.54, 1.807) is 31.3 Å². The van der Waals surface area contributed by atoms with Crippen molar-refractivity contribution in [2.75, 3.05) is 16.8 Å². The summed E-state index contributed by atoms with van der Waals surface area (Å²) in [7, 11) is 1.58. The Labute approximate surface area is 121 Å². The predicted molar refractivity (Wildman–Crippen MR) is 78.0 cm³/mol. The van der Waals surface area contributed by atoms with E-state index in [-0.39, 0.29) is 18.2 Å². The first-order valence-corrected chi connectivity index (χ1v) is 6.52. The molecule has 0 fully saturated rings. The van der Waals surface area contributed by atoms with Crippen molar-refractivity contribution in [2.45, 2.75) is 6.42 Å². The molecular formula is C16H13FN2O2. The summed E-state index contributed by atoms with van der Waals surface area (Å²) >= 11 is 0. The maximum absolute atomic E-state index is 13.6. The molecule has 1 aliphatic heterocycles. The molecule has 0 unspecified atom stereocenters. The number of nitrogens with zero attached hydrogens (tertiary/aromatic N) is 2. The zero-order chi connectivity index (χ0) is 15.0. The molecule has 4 nitrogen and oxygen atoms in total. The lowest BCUT2D eigenvalue weighted by atomic mass is 10.2. The monoisotopic (exact) mass is 283 g/mol. The molecule has 0 bridgehead atoms. The summed E-state index contributed by atoms with van der Waals surface area (Å²) < 4.78 is 13.6. The highest BCUT2D eigenvalue weighted by Crippen LogP contribution is 2.37. The van der Waals surface area contributed by atoms with Gasteiger partial charge >= 0.3 is 0 Å². The van der Waals surface area contributed by atoms with Crippen molar-refractivity contribution < 1.29 is 14.0 Å². The number of para-hydroxylation sites is 1. The highest BCUT2D eigenvalue weighted by atomic mass is 18.2. The zero-order valence-electron chi connectivity index (χ0n) is 11.4. The maximum atomic E-state index is 13.6. The van der Waals surface area contributed by atoms with Gasteiger partial charge in [0, 0.05) is 18.8 Å². The van der Waals surface area contributed by atoms with Crippen molar-refractivity contribution >= 4 is 28.9 Å². The van der Waals surface area contributed by atoms with Gasteiger partial charge in [0.2, 0.25) is 11.8 Å². The number of hydrogen-bond donors (Lipinski definition) is 0. The number of benzene rings is 2. The first kappa shape index (κ1) is 13.3. The summed E-state index contributed by atoms with van der Waals surface area (Å²) in [5.74, 6) is -1.14. The van der Waals surface area contributed by atoms with E-state index in [9.17, 15) is 14.0 Å². The standard InChI is InChI=1S/C16H13FN2O2/c1-18-13-8-7-11(17)9-14(13)19(16(21)10-15(18)20)12-5-3-2-4-6-12/h2-9H,10H2,1H3/i17-1. The molecular weight excluding hydrogens is 270 g/mol. The van der Waals surface area contributed by atoms with E-state index in [1.165, 1.54) is 28.0 Å². The highest BCUT2D eigenvalue weighted by molar-refractivity contribution is 6.17. The predicted octanol–water partition coefficient (Wildman–Crippen LogP) is 2.86. The minimum absolute atomic E-state index is 0.248. The van der Waals surface area contributed by atoms with Crippen LogP contribution in [0, 0.1) is 5.82 Å². The molecule has 0 saturated heterocycles. The molecule has 21 heavy (non-hydrogen) atoms. The van der Waals surface area contributed by atoms with Crippen molar-refractivity contribution in [2.24, 2.45) is 0 Å². The molecule has 106 valence electrons. The van der Waals surface area contributed by atoms with Crippen molar-refractivity contribution in [3.05, 3.63) is 54.3 Å². The van der Waals surface area contributed by atoms with E-state index in [4.69, 9.17) is 0 Å². The Kier molecular flexibility index (Phi) is 3.17. The minimum Gasteiger partial charge on any atom is -0.313 e. The fourth-order valence-electron chi connectivity index (χ4n) is 2.42.